The third-order valence-corrected chi connectivity index (χ3v) is 4.81. The summed E-state index contributed by atoms with van der Waals surface area (Å²) in [6, 6.07) is 3.06. The van der Waals surface area contributed by atoms with Gasteiger partial charge in [-0.2, -0.15) is 13.2 Å². The number of carbonyl (C=O) groups excluding carboxylic acids is 2. The highest BCUT2D eigenvalue weighted by Gasteiger charge is 2.35. The lowest BCUT2D eigenvalue weighted by molar-refractivity contribution is -0.138. The molecule has 2 rings (SSSR count). The van der Waals surface area contributed by atoms with Gasteiger partial charge in [0.05, 0.1) is 11.1 Å². The van der Waals surface area contributed by atoms with Gasteiger partial charge in [0.2, 0.25) is 0 Å². The van der Waals surface area contributed by atoms with Gasteiger partial charge in [0.15, 0.2) is 0 Å². The van der Waals surface area contributed by atoms with Crippen molar-refractivity contribution in [2.75, 3.05) is 13.1 Å². The minimum absolute atomic E-state index is 0.0979. The fourth-order valence-corrected chi connectivity index (χ4v) is 3.45. The number of amides is 2. The van der Waals surface area contributed by atoms with Crippen LogP contribution in [0.15, 0.2) is 22.7 Å². The number of rotatable bonds is 2. The van der Waals surface area contributed by atoms with E-state index in [0.29, 0.717) is 19.4 Å². The van der Waals surface area contributed by atoms with Crippen LogP contribution in [0.5, 0.6) is 0 Å². The number of likely N-dealkylation sites (tertiary alicyclic amines) is 1. The zero-order chi connectivity index (χ0) is 20.4. The molecule has 1 aliphatic rings. The molecule has 1 saturated heterocycles. The summed E-state index contributed by atoms with van der Waals surface area (Å²) in [5.41, 5.74) is -1.63. The van der Waals surface area contributed by atoms with Gasteiger partial charge in [-0.3, -0.25) is 4.79 Å². The predicted octanol–water partition coefficient (Wildman–Crippen LogP) is 4.60. The highest BCUT2D eigenvalue weighted by atomic mass is 79.9. The molecule has 1 aromatic rings. The lowest BCUT2D eigenvalue weighted by Gasteiger charge is -2.34. The molecule has 0 saturated carbocycles. The summed E-state index contributed by atoms with van der Waals surface area (Å²) >= 11 is 2.89. The largest absolute Gasteiger partial charge is 0.444 e. The number of alkyl halides is 3. The average Bonchev–Trinajstić information content (AvgIpc) is 2.52. The first kappa shape index (κ1) is 21.5. The molecule has 27 heavy (non-hydrogen) atoms. The molecule has 1 N–H and O–H groups in total. The molecule has 1 fully saturated rings. The standard InChI is InChI=1S/C18H22BrF3N2O3/c1-17(2,3)27-16(26)24-9-5-6-11(10-24)23-15(25)12-7-4-8-13(14(12)19)18(20,21)22/h4,7-8,11H,5-6,9-10H2,1-3H3,(H,23,25). The van der Waals surface area contributed by atoms with Crippen LogP contribution in [-0.4, -0.2) is 41.6 Å². The van der Waals surface area contributed by atoms with Crippen LogP contribution in [-0.2, 0) is 10.9 Å². The van der Waals surface area contributed by atoms with Crippen molar-refractivity contribution in [3.8, 4) is 0 Å². The van der Waals surface area contributed by atoms with E-state index in [1.807, 2.05) is 0 Å². The normalized spacial score (nSPS) is 18.2. The molecule has 1 unspecified atom stereocenters. The Balaban J connectivity index is 2.07. The maximum Gasteiger partial charge on any atom is 0.417 e. The molecule has 1 aliphatic heterocycles. The number of nitrogens with zero attached hydrogens (tertiary/aromatic N) is 1. The minimum Gasteiger partial charge on any atom is -0.444 e. The second-order valence-electron chi connectivity index (χ2n) is 7.40. The Bertz CT molecular complexity index is 717. The number of ether oxygens (including phenoxy) is 1. The second-order valence-corrected chi connectivity index (χ2v) is 8.20. The molecule has 0 spiro atoms. The van der Waals surface area contributed by atoms with E-state index >= 15 is 0 Å². The van der Waals surface area contributed by atoms with Crippen LogP contribution in [0.2, 0.25) is 0 Å². The predicted molar refractivity (Wildman–Crippen MR) is 97.4 cm³/mol. The van der Waals surface area contributed by atoms with Crippen molar-refractivity contribution in [2.45, 2.75) is 51.4 Å². The van der Waals surface area contributed by atoms with Crippen molar-refractivity contribution in [2.24, 2.45) is 0 Å². The molecule has 1 atom stereocenters. The van der Waals surface area contributed by atoms with Crippen LogP contribution in [0, 0.1) is 0 Å². The number of halogens is 4. The fourth-order valence-electron chi connectivity index (χ4n) is 2.78. The van der Waals surface area contributed by atoms with Gasteiger partial charge in [-0.15, -0.1) is 0 Å². The van der Waals surface area contributed by atoms with E-state index in [9.17, 15) is 22.8 Å². The molecular formula is C18H22BrF3N2O3. The number of piperidine rings is 1. The van der Waals surface area contributed by atoms with Gasteiger partial charge in [0.25, 0.3) is 5.91 Å². The topological polar surface area (TPSA) is 58.6 Å². The first-order valence-corrected chi connectivity index (χ1v) is 9.32. The molecular weight excluding hydrogens is 429 g/mol. The van der Waals surface area contributed by atoms with Crippen LogP contribution in [0.3, 0.4) is 0 Å². The van der Waals surface area contributed by atoms with E-state index in [1.165, 1.54) is 17.0 Å². The van der Waals surface area contributed by atoms with Crippen LogP contribution in [0.1, 0.15) is 49.5 Å². The van der Waals surface area contributed by atoms with Gasteiger partial charge in [-0.1, -0.05) is 6.07 Å². The van der Waals surface area contributed by atoms with E-state index in [-0.39, 0.29) is 22.6 Å². The maximum absolute atomic E-state index is 13.0. The van der Waals surface area contributed by atoms with Crippen LogP contribution in [0.4, 0.5) is 18.0 Å². The zero-order valence-electron chi connectivity index (χ0n) is 15.3. The zero-order valence-corrected chi connectivity index (χ0v) is 16.9. The summed E-state index contributed by atoms with van der Waals surface area (Å²) in [5, 5.41) is 2.72. The van der Waals surface area contributed by atoms with E-state index in [0.717, 1.165) is 6.07 Å². The molecule has 2 amide bonds. The summed E-state index contributed by atoms with van der Waals surface area (Å²) in [4.78, 5) is 26.2. The summed E-state index contributed by atoms with van der Waals surface area (Å²) in [6.45, 7) is 6.05. The van der Waals surface area contributed by atoms with E-state index in [1.54, 1.807) is 20.8 Å². The Morgan fingerprint density at radius 2 is 1.93 bits per heavy atom. The summed E-state index contributed by atoms with van der Waals surface area (Å²) in [7, 11) is 0. The minimum atomic E-state index is -4.56. The molecule has 1 heterocycles. The van der Waals surface area contributed by atoms with Crippen molar-refractivity contribution in [3.05, 3.63) is 33.8 Å². The van der Waals surface area contributed by atoms with Crippen molar-refractivity contribution in [3.63, 3.8) is 0 Å². The van der Waals surface area contributed by atoms with E-state index in [4.69, 9.17) is 4.74 Å². The maximum atomic E-state index is 13.0. The van der Waals surface area contributed by atoms with Crippen molar-refractivity contribution >= 4 is 27.9 Å². The molecule has 9 heteroatoms. The molecule has 0 bridgehead atoms. The third-order valence-electron chi connectivity index (χ3n) is 3.96. The monoisotopic (exact) mass is 450 g/mol. The summed E-state index contributed by atoms with van der Waals surface area (Å²) in [5.74, 6) is -0.621. The first-order valence-electron chi connectivity index (χ1n) is 8.53. The van der Waals surface area contributed by atoms with Crippen LogP contribution in [0.25, 0.3) is 0 Å². The Morgan fingerprint density at radius 3 is 2.52 bits per heavy atom. The Labute approximate surface area is 164 Å². The Kier molecular flexibility index (Phi) is 6.44. The highest BCUT2D eigenvalue weighted by molar-refractivity contribution is 9.10. The van der Waals surface area contributed by atoms with Crippen LogP contribution >= 0.6 is 15.9 Å². The molecule has 150 valence electrons. The highest BCUT2D eigenvalue weighted by Crippen LogP contribution is 2.36. The quantitative estimate of drug-likeness (QED) is 0.716. The fraction of sp³-hybridized carbons (Fsp3) is 0.556. The number of hydrogen-bond donors (Lipinski definition) is 1. The molecule has 0 aliphatic carbocycles. The SMILES string of the molecule is CC(C)(C)OC(=O)N1CCCC(NC(=O)c2cccc(C(F)(F)F)c2Br)C1. The van der Waals surface area contributed by atoms with E-state index in [2.05, 4.69) is 21.2 Å². The Morgan fingerprint density at radius 1 is 1.26 bits per heavy atom. The molecule has 0 aromatic heterocycles. The average molecular weight is 451 g/mol. The van der Waals surface area contributed by atoms with Gasteiger partial charge >= 0.3 is 12.3 Å². The molecule has 0 radical (unpaired) electrons. The summed E-state index contributed by atoms with van der Waals surface area (Å²) < 4.78 is 44.1. The summed E-state index contributed by atoms with van der Waals surface area (Å²) in [6.07, 6.45) is -3.75. The third kappa shape index (κ3) is 5.85. The van der Waals surface area contributed by atoms with Gasteiger partial charge < -0.3 is 15.0 Å². The van der Waals surface area contributed by atoms with Gasteiger partial charge in [0, 0.05) is 23.6 Å². The lowest BCUT2D eigenvalue weighted by Crippen LogP contribution is -2.50. The van der Waals surface area contributed by atoms with E-state index < -0.39 is 29.3 Å². The first-order chi connectivity index (χ1) is 12.4. The van der Waals surface area contributed by atoms with Crippen molar-refractivity contribution in [1.82, 2.24) is 10.2 Å². The van der Waals surface area contributed by atoms with Gasteiger partial charge in [0.1, 0.15) is 5.60 Å². The van der Waals surface area contributed by atoms with Crippen molar-refractivity contribution in [1.29, 1.82) is 0 Å². The smallest absolute Gasteiger partial charge is 0.417 e. The van der Waals surface area contributed by atoms with Gasteiger partial charge in [-0.25, -0.2) is 4.79 Å². The molecule has 1 aromatic carbocycles. The van der Waals surface area contributed by atoms with Crippen molar-refractivity contribution < 1.29 is 27.5 Å². The Hall–Kier alpha value is -1.77. The lowest BCUT2D eigenvalue weighted by atomic mass is 10.0. The molecule has 5 nitrogen and oxygen atoms in total. The number of hydrogen-bond acceptors (Lipinski definition) is 3. The van der Waals surface area contributed by atoms with Crippen LogP contribution < -0.4 is 5.32 Å². The number of benzene rings is 1. The number of nitrogens with one attached hydrogen (secondary N) is 1. The number of carbonyl (C=O) groups is 2. The second kappa shape index (κ2) is 8.08. The van der Waals surface area contributed by atoms with Gasteiger partial charge in [-0.05, 0) is 61.7 Å².